The molecule has 0 fully saturated rings. The highest BCUT2D eigenvalue weighted by Crippen LogP contribution is 2.17. The van der Waals surface area contributed by atoms with Gasteiger partial charge >= 0.3 is 0 Å². The van der Waals surface area contributed by atoms with Gasteiger partial charge in [0.25, 0.3) is 0 Å². The standard InChI is InChI=1S/C22H20N3O2/c1-16-3-7-18(8-4-16)25-15-23-20-13-24(12-11-21(20)25)14-22(26)17-5-9-19(27-2)10-6-17/h3-13,15H,14H2,1-2H3/q+1. The van der Waals surface area contributed by atoms with Gasteiger partial charge in [0, 0.05) is 17.3 Å². The van der Waals surface area contributed by atoms with Crippen molar-refractivity contribution in [3.63, 3.8) is 0 Å². The summed E-state index contributed by atoms with van der Waals surface area (Å²) >= 11 is 0. The van der Waals surface area contributed by atoms with Crippen LogP contribution in [0.4, 0.5) is 0 Å². The number of carbonyl (C=O) groups is 1. The molecule has 0 aliphatic heterocycles. The number of imidazole rings is 1. The number of nitrogens with zero attached hydrogens (tertiary/aromatic N) is 3. The van der Waals surface area contributed by atoms with Gasteiger partial charge < -0.3 is 4.74 Å². The Morgan fingerprint density at radius 3 is 2.52 bits per heavy atom. The van der Waals surface area contributed by atoms with E-state index in [0.717, 1.165) is 22.5 Å². The second-order valence-electron chi connectivity index (χ2n) is 6.49. The van der Waals surface area contributed by atoms with Crippen LogP contribution >= 0.6 is 0 Å². The summed E-state index contributed by atoms with van der Waals surface area (Å²) in [5.74, 6) is 0.780. The van der Waals surface area contributed by atoms with Crippen molar-refractivity contribution in [1.82, 2.24) is 9.55 Å². The van der Waals surface area contributed by atoms with Crippen molar-refractivity contribution in [3.8, 4) is 11.4 Å². The lowest BCUT2D eigenvalue weighted by molar-refractivity contribution is -0.681. The van der Waals surface area contributed by atoms with Gasteiger partial charge in [0.2, 0.25) is 12.3 Å². The van der Waals surface area contributed by atoms with E-state index in [1.54, 1.807) is 31.4 Å². The Kier molecular flexibility index (Phi) is 4.42. The fraction of sp³-hybridized carbons (Fsp3) is 0.136. The molecule has 0 bridgehead atoms. The molecule has 0 saturated heterocycles. The average molecular weight is 358 g/mol. The zero-order valence-electron chi connectivity index (χ0n) is 15.3. The fourth-order valence-electron chi connectivity index (χ4n) is 3.05. The van der Waals surface area contributed by atoms with E-state index >= 15 is 0 Å². The molecule has 0 unspecified atom stereocenters. The minimum Gasteiger partial charge on any atom is -0.497 e. The van der Waals surface area contributed by atoms with E-state index in [9.17, 15) is 4.79 Å². The third-order valence-corrected chi connectivity index (χ3v) is 4.60. The number of benzene rings is 2. The van der Waals surface area contributed by atoms with E-state index in [2.05, 4.69) is 36.2 Å². The van der Waals surface area contributed by atoms with E-state index in [0.29, 0.717) is 5.56 Å². The monoisotopic (exact) mass is 358 g/mol. The van der Waals surface area contributed by atoms with Crippen molar-refractivity contribution < 1.29 is 14.1 Å². The van der Waals surface area contributed by atoms with Gasteiger partial charge in [0.15, 0.2) is 17.9 Å². The number of ketones is 1. The normalized spacial score (nSPS) is 10.9. The van der Waals surface area contributed by atoms with Crippen molar-refractivity contribution >= 4 is 16.8 Å². The van der Waals surface area contributed by atoms with Gasteiger partial charge in [-0.1, -0.05) is 17.7 Å². The van der Waals surface area contributed by atoms with Gasteiger partial charge in [0.05, 0.1) is 12.6 Å². The minimum absolute atomic E-state index is 0.0416. The number of carbonyl (C=O) groups excluding carboxylic acids is 1. The second-order valence-corrected chi connectivity index (χ2v) is 6.49. The van der Waals surface area contributed by atoms with E-state index < -0.39 is 0 Å². The van der Waals surface area contributed by atoms with Gasteiger partial charge in [-0.25, -0.2) is 4.98 Å². The van der Waals surface area contributed by atoms with Crippen LogP contribution in [-0.4, -0.2) is 22.4 Å². The molecule has 5 nitrogen and oxygen atoms in total. The molecule has 0 atom stereocenters. The van der Waals surface area contributed by atoms with E-state index in [1.807, 2.05) is 33.9 Å². The summed E-state index contributed by atoms with van der Waals surface area (Å²) < 4.78 is 9.04. The van der Waals surface area contributed by atoms with E-state index in [4.69, 9.17) is 4.74 Å². The molecular formula is C22H20N3O2+. The first-order valence-corrected chi connectivity index (χ1v) is 8.74. The third-order valence-electron chi connectivity index (χ3n) is 4.60. The zero-order chi connectivity index (χ0) is 18.8. The molecule has 0 saturated carbocycles. The SMILES string of the molecule is COc1ccc(C(=O)C[n+]2ccc3c(c2)ncn3-c2ccc(C)cc2)cc1. The number of rotatable bonds is 5. The number of methoxy groups -OCH3 is 1. The van der Waals surface area contributed by atoms with Gasteiger partial charge in [-0.05, 0) is 43.3 Å². The van der Waals surface area contributed by atoms with Crippen LogP contribution < -0.4 is 9.30 Å². The van der Waals surface area contributed by atoms with Crippen LogP contribution in [-0.2, 0) is 6.54 Å². The summed E-state index contributed by atoms with van der Waals surface area (Å²) in [5.41, 5.74) is 4.80. The number of pyridine rings is 1. The molecular weight excluding hydrogens is 338 g/mol. The summed E-state index contributed by atoms with van der Waals surface area (Å²) in [6.45, 7) is 2.33. The Morgan fingerprint density at radius 1 is 1.07 bits per heavy atom. The van der Waals surface area contributed by atoms with Crippen LogP contribution in [0.25, 0.3) is 16.7 Å². The smallest absolute Gasteiger partial charge is 0.227 e. The Balaban J connectivity index is 1.58. The average Bonchev–Trinajstić information content (AvgIpc) is 3.12. The summed E-state index contributed by atoms with van der Waals surface area (Å²) in [4.78, 5) is 17.0. The molecule has 4 aromatic rings. The predicted molar refractivity (Wildman–Crippen MR) is 103 cm³/mol. The lowest BCUT2D eigenvalue weighted by Gasteiger charge is -2.04. The molecule has 2 aromatic heterocycles. The Bertz CT molecular complexity index is 1100. The first kappa shape index (κ1) is 17.0. The summed E-state index contributed by atoms with van der Waals surface area (Å²) in [6, 6.07) is 17.5. The predicted octanol–water partition coefficient (Wildman–Crippen LogP) is 3.51. The molecule has 0 aliphatic carbocycles. The molecule has 27 heavy (non-hydrogen) atoms. The van der Waals surface area contributed by atoms with Crippen molar-refractivity contribution in [3.05, 3.63) is 84.4 Å². The molecule has 2 aromatic carbocycles. The molecule has 0 amide bonds. The van der Waals surface area contributed by atoms with Gasteiger partial charge in [-0.15, -0.1) is 0 Å². The maximum absolute atomic E-state index is 12.5. The highest BCUT2D eigenvalue weighted by atomic mass is 16.5. The van der Waals surface area contributed by atoms with Crippen molar-refractivity contribution in [2.75, 3.05) is 7.11 Å². The molecule has 0 N–H and O–H groups in total. The molecule has 2 heterocycles. The van der Waals surface area contributed by atoms with Gasteiger partial charge in [0.1, 0.15) is 12.1 Å². The number of Topliss-reactive ketones (excluding diaryl/α,β-unsaturated/α-hetero) is 1. The molecule has 134 valence electrons. The molecule has 5 heteroatoms. The number of aromatic nitrogens is 3. The lowest BCUT2D eigenvalue weighted by Crippen LogP contribution is -2.37. The van der Waals surface area contributed by atoms with Crippen molar-refractivity contribution in [2.45, 2.75) is 13.5 Å². The summed E-state index contributed by atoms with van der Waals surface area (Å²) in [6.07, 6.45) is 5.63. The fourth-order valence-corrected chi connectivity index (χ4v) is 3.05. The molecule has 0 aliphatic rings. The number of fused-ring (bicyclic) bond motifs is 1. The van der Waals surface area contributed by atoms with Crippen LogP contribution in [0.15, 0.2) is 73.3 Å². The minimum atomic E-state index is 0.0416. The summed E-state index contributed by atoms with van der Waals surface area (Å²) in [7, 11) is 1.61. The first-order valence-electron chi connectivity index (χ1n) is 8.74. The van der Waals surface area contributed by atoms with Crippen LogP contribution in [0.2, 0.25) is 0 Å². The number of hydrogen-bond donors (Lipinski definition) is 0. The second kappa shape index (κ2) is 7.03. The molecule has 0 radical (unpaired) electrons. The van der Waals surface area contributed by atoms with Crippen molar-refractivity contribution in [2.24, 2.45) is 0 Å². The maximum Gasteiger partial charge on any atom is 0.227 e. The van der Waals surface area contributed by atoms with Gasteiger partial charge in [-0.3, -0.25) is 9.36 Å². The van der Waals surface area contributed by atoms with Gasteiger partial charge in [-0.2, -0.15) is 4.57 Å². The number of ether oxygens (including phenoxy) is 1. The Morgan fingerprint density at radius 2 is 1.81 bits per heavy atom. The zero-order valence-corrected chi connectivity index (χ0v) is 15.3. The first-order chi connectivity index (χ1) is 13.1. The van der Waals surface area contributed by atoms with Crippen LogP contribution in [0.3, 0.4) is 0 Å². The number of hydrogen-bond acceptors (Lipinski definition) is 3. The highest BCUT2D eigenvalue weighted by Gasteiger charge is 2.15. The molecule has 0 spiro atoms. The number of aryl methyl sites for hydroxylation is 1. The Labute approximate surface area is 157 Å². The maximum atomic E-state index is 12.5. The van der Waals surface area contributed by atoms with Crippen molar-refractivity contribution in [1.29, 1.82) is 0 Å². The topological polar surface area (TPSA) is 48.0 Å². The third kappa shape index (κ3) is 3.44. The highest BCUT2D eigenvalue weighted by molar-refractivity contribution is 5.95. The van der Waals surface area contributed by atoms with E-state index in [-0.39, 0.29) is 12.3 Å². The quantitative estimate of drug-likeness (QED) is 0.405. The largest absolute Gasteiger partial charge is 0.497 e. The lowest BCUT2D eigenvalue weighted by atomic mass is 10.1. The summed E-state index contributed by atoms with van der Waals surface area (Å²) in [5, 5.41) is 0. The molecule has 4 rings (SSSR count). The van der Waals surface area contributed by atoms with Crippen LogP contribution in [0.1, 0.15) is 15.9 Å². The van der Waals surface area contributed by atoms with E-state index in [1.165, 1.54) is 5.56 Å². The van der Waals surface area contributed by atoms with Crippen LogP contribution in [0.5, 0.6) is 5.75 Å². The Hall–Kier alpha value is -3.47. The van der Waals surface area contributed by atoms with Crippen LogP contribution in [0, 0.1) is 6.92 Å².